The number of unbranched alkanes of at least 4 members (excludes halogenated alkanes) is 1. The molecule has 1 fully saturated rings. The highest BCUT2D eigenvalue weighted by atomic mass is 16.5. The molecule has 1 aromatic rings. The SMILES string of the molecule is CCCCOC(=O)c1ccc(NC(=O)[C@@H]2[C@@H](C(=O)O)[C@@H]3C=C[C@@H]2O3)cc1. The number of anilines is 1. The zero-order chi connectivity index (χ0) is 18.7. The monoisotopic (exact) mass is 359 g/mol. The number of rotatable bonds is 7. The van der Waals surface area contributed by atoms with Crippen LogP contribution in [-0.4, -0.2) is 41.8 Å². The topological polar surface area (TPSA) is 102 Å². The molecule has 7 nitrogen and oxygen atoms in total. The van der Waals surface area contributed by atoms with Crippen LogP contribution in [0.2, 0.25) is 0 Å². The van der Waals surface area contributed by atoms with Gasteiger partial charge in [-0.25, -0.2) is 4.79 Å². The first-order valence-electron chi connectivity index (χ1n) is 8.66. The molecule has 2 N–H and O–H groups in total. The number of fused-ring (bicyclic) bond motifs is 2. The molecule has 4 atom stereocenters. The average molecular weight is 359 g/mol. The molecular formula is C19H21NO6. The third-order valence-electron chi connectivity index (χ3n) is 4.61. The van der Waals surface area contributed by atoms with Crippen LogP contribution >= 0.6 is 0 Å². The molecule has 1 saturated heterocycles. The van der Waals surface area contributed by atoms with Gasteiger partial charge in [-0.1, -0.05) is 25.5 Å². The molecule has 1 aromatic carbocycles. The molecule has 1 amide bonds. The van der Waals surface area contributed by atoms with Crippen LogP contribution in [0, 0.1) is 11.8 Å². The minimum absolute atomic E-state index is 0.377. The summed E-state index contributed by atoms with van der Waals surface area (Å²) in [5.74, 6) is -3.53. The lowest BCUT2D eigenvalue weighted by Crippen LogP contribution is -2.39. The molecule has 0 unspecified atom stereocenters. The standard InChI is InChI=1S/C19H21NO6/c1-2-3-10-25-19(24)11-4-6-12(7-5-11)20-17(21)15-13-8-9-14(26-13)16(15)18(22)23/h4-9,13-16H,2-3,10H2,1H3,(H,20,21)(H,22,23)/t13-,14-,15-,16-/m0/s1. The van der Waals surface area contributed by atoms with Gasteiger partial charge in [-0.15, -0.1) is 0 Å². The van der Waals surface area contributed by atoms with Crippen molar-refractivity contribution in [3.05, 3.63) is 42.0 Å². The Kier molecular flexibility index (Phi) is 5.37. The van der Waals surface area contributed by atoms with Crippen LogP contribution in [0.3, 0.4) is 0 Å². The summed E-state index contributed by atoms with van der Waals surface area (Å²) in [6, 6.07) is 6.31. The van der Waals surface area contributed by atoms with Gasteiger partial charge in [-0.3, -0.25) is 9.59 Å². The number of benzene rings is 1. The molecule has 26 heavy (non-hydrogen) atoms. The zero-order valence-corrected chi connectivity index (χ0v) is 14.4. The van der Waals surface area contributed by atoms with Crippen LogP contribution in [0.1, 0.15) is 30.1 Å². The molecule has 2 aliphatic rings. The van der Waals surface area contributed by atoms with Gasteiger partial charge in [0.1, 0.15) is 5.92 Å². The van der Waals surface area contributed by atoms with E-state index >= 15 is 0 Å². The molecule has 2 aliphatic heterocycles. The number of carboxylic acids is 1. The first-order valence-corrected chi connectivity index (χ1v) is 8.66. The maximum Gasteiger partial charge on any atom is 0.338 e. The van der Waals surface area contributed by atoms with Crippen LogP contribution in [0.15, 0.2) is 36.4 Å². The lowest BCUT2D eigenvalue weighted by atomic mass is 9.82. The van der Waals surface area contributed by atoms with E-state index in [-0.39, 0.29) is 0 Å². The Morgan fingerprint density at radius 1 is 1.12 bits per heavy atom. The second kappa shape index (κ2) is 7.70. The van der Waals surface area contributed by atoms with Gasteiger partial charge < -0.3 is 19.9 Å². The quantitative estimate of drug-likeness (QED) is 0.440. The number of aliphatic carboxylic acids is 1. The van der Waals surface area contributed by atoms with E-state index in [1.165, 1.54) is 0 Å². The minimum atomic E-state index is -1.05. The molecule has 2 bridgehead atoms. The summed E-state index contributed by atoms with van der Waals surface area (Å²) in [7, 11) is 0. The van der Waals surface area contributed by atoms with Crippen LogP contribution in [0.5, 0.6) is 0 Å². The summed E-state index contributed by atoms with van der Waals surface area (Å²) in [6.45, 7) is 2.39. The van der Waals surface area contributed by atoms with E-state index in [2.05, 4.69) is 5.32 Å². The number of nitrogens with one attached hydrogen (secondary N) is 1. The molecular weight excluding hydrogens is 338 g/mol. The molecule has 0 saturated carbocycles. The number of amides is 1. The van der Waals surface area contributed by atoms with Crippen molar-refractivity contribution in [2.75, 3.05) is 11.9 Å². The number of esters is 1. The van der Waals surface area contributed by atoms with Gasteiger partial charge in [0.25, 0.3) is 0 Å². The van der Waals surface area contributed by atoms with Crippen molar-refractivity contribution in [1.29, 1.82) is 0 Å². The van der Waals surface area contributed by atoms with Crippen molar-refractivity contribution in [2.24, 2.45) is 11.8 Å². The van der Waals surface area contributed by atoms with Gasteiger partial charge in [0.05, 0.1) is 30.3 Å². The highest BCUT2D eigenvalue weighted by Crippen LogP contribution is 2.39. The number of carboxylic acid groups (broad SMARTS) is 1. The van der Waals surface area contributed by atoms with Gasteiger partial charge in [0.2, 0.25) is 5.91 Å². The van der Waals surface area contributed by atoms with Crippen molar-refractivity contribution in [3.8, 4) is 0 Å². The van der Waals surface area contributed by atoms with Gasteiger partial charge in [-0.05, 0) is 30.7 Å². The lowest BCUT2D eigenvalue weighted by Gasteiger charge is -2.21. The Morgan fingerprint density at radius 3 is 2.38 bits per heavy atom. The van der Waals surface area contributed by atoms with Crippen LogP contribution in [0.4, 0.5) is 5.69 Å². The van der Waals surface area contributed by atoms with Crippen molar-refractivity contribution in [1.82, 2.24) is 0 Å². The Bertz CT molecular complexity index is 726. The van der Waals surface area contributed by atoms with Gasteiger partial charge >= 0.3 is 11.9 Å². The summed E-state index contributed by atoms with van der Waals surface area (Å²) in [5, 5.41) is 12.1. The third kappa shape index (κ3) is 3.62. The maximum atomic E-state index is 12.5. The van der Waals surface area contributed by atoms with Gasteiger partial charge in [-0.2, -0.15) is 0 Å². The summed E-state index contributed by atoms with van der Waals surface area (Å²) in [6.07, 6.45) is 4.08. The number of hydrogen-bond donors (Lipinski definition) is 2. The lowest BCUT2D eigenvalue weighted by molar-refractivity contribution is -0.145. The van der Waals surface area contributed by atoms with E-state index in [1.807, 2.05) is 6.92 Å². The van der Waals surface area contributed by atoms with E-state index < -0.39 is 41.9 Å². The first kappa shape index (κ1) is 18.1. The minimum Gasteiger partial charge on any atom is -0.481 e. The van der Waals surface area contributed by atoms with E-state index in [9.17, 15) is 19.5 Å². The largest absolute Gasteiger partial charge is 0.481 e. The van der Waals surface area contributed by atoms with Crippen molar-refractivity contribution in [2.45, 2.75) is 32.0 Å². The van der Waals surface area contributed by atoms with Crippen LogP contribution in [-0.2, 0) is 19.1 Å². The van der Waals surface area contributed by atoms with E-state index in [0.717, 1.165) is 12.8 Å². The molecule has 0 radical (unpaired) electrons. The predicted molar refractivity (Wildman–Crippen MR) is 92.7 cm³/mol. The fourth-order valence-electron chi connectivity index (χ4n) is 3.22. The first-order chi connectivity index (χ1) is 12.5. The van der Waals surface area contributed by atoms with Crippen LogP contribution < -0.4 is 5.32 Å². The number of carbonyl (C=O) groups excluding carboxylic acids is 2. The highest BCUT2D eigenvalue weighted by molar-refractivity contribution is 5.97. The second-order valence-electron chi connectivity index (χ2n) is 6.40. The summed E-state index contributed by atoms with van der Waals surface area (Å²) < 4.78 is 10.6. The Balaban J connectivity index is 1.62. The van der Waals surface area contributed by atoms with Crippen molar-refractivity contribution in [3.63, 3.8) is 0 Å². The molecule has 0 spiro atoms. The summed E-state index contributed by atoms with van der Waals surface area (Å²) in [4.78, 5) is 35.8. The molecule has 0 aliphatic carbocycles. The molecule has 138 valence electrons. The molecule has 0 aromatic heterocycles. The fourth-order valence-corrected chi connectivity index (χ4v) is 3.22. The van der Waals surface area contributed by atoms with Crippen molar-refractivity contribution < 1.29 is 29.0 Å². The van der Waals surface area contributed by atoms with E-state index in [4.69, 9.17) is 9.47 Å². The van der Waals surface area contributed by atoms with Gasteiger partial charge in [0, 0.05) is 5.69 Å². The fraction of sp³-hybridized carbons (Fsp3) is 0.421. The number of hydrogen-bond acceptors (Lipinski definition) is 5. The number of ether oxygens (including phenoxy) is 2. The third-order valence-corrected chi connectivity index (χ3v) is 4.61. The van der Waals surface area contributed by atoms with Crippen molar-refractivity contribution >= 4 is 23.5 Å². The normalized spacial score (nSPS) is 25.9. The molecule has 2 heterocycles. The Morgan fingerprint density at radius 2 is 1.77 bits per heavy atom. The average Bonchev–Trinajstić information content (AvgIpc) is 3.23. The number of carbonyl (C=O) groups is 3. The predicted octanol–water partition coefficient (Wildman–Crippen LogP) is 2.24. The van der Waals surface area contributed by atoms with E-state index in [1.54, 1.807) is 36.4 Å². The smallest absolute Gasteiger partial charge is 0.338 e. The van der Waals surface area contributed by atoms with Gasteiger partial charge in [0.15, 0.2) is 0 Å². The summed E-state index contributed by atoms with van der Waals surface area (Å²) in [5.41, 5.74) is 0.879. The second-order valence-corrected chi connectivity index (χ2v) is 6.40. The zero-order valence-electron chi connectivity index (χ0n) is 14.4. The Hall–Kier alpha value is -2.67. The molecule has 3 rings (SSSR count). The summed E-state index contributed by atoms with van der Waals surface area (Å²) >= 11 is 0. The maximum absolute atomic E-state index is 12.5. The van der Waals surface area contributed by atoms with E-state index in [0.29, 0.717) is 17.9 Å². The Labute approximate surface area is 151 Å². The highest BCUT2D eigenvalue weighted by Gasteiger charge is 2.53. The van der Waals surface area contributed by atoms with Crippen LogP contribution in [0.25, 0.3) is 0 Å². The molecule has 7 heteroatoms.